The second kappa shape index (κ2) is 6.07. The number of methoxy groups -OCH3 is 1. The number of benzene rings is 1. The number of rotatable bonds is 5. The first-order chi connectivity index (χ1) is 9.55. The van der Waals surface area contributed by atoms with Crippen molar-refractivity contribution in [1.82, 2.24) is 15.2 Å². The van der Waals surface area contributed by atoms with Crippen molar-refractivity contribution in [3.8, 4) is 5.75 Å². The Morgan fingerprint density at radius 1 is 1.35 bits per heavy atom. The van der Waals surface area contributed by atoms with Crippen LogP contribution in [0.15, 0.2) is 24.3 Å². The van der Waals surface area contributed by atoms with E-state index >= 15 is 0 Å². The number of hydrogen-bond donors (Lipinski definition) is 2. The van der Waals surface area contributed by atoms with Gasteiger partial charge in [-0.25, -0.2) is 0 Å². The number of ether oxygens (including phenoxy) is 1. The molecule has 20 heavy (non-hydrogen) atoms. The fourth-order valence-electron chi connectivity index (χ4n) is 2.49. The minimum Gasteiger partial charge on any atom is -0.496 e. The average Bonchev–Trinajstić information content (AvgIpc) is 2.75. The Morgan fingerprint density at radius 3 is 2.65 bits per heavy atom. The summed E-state index contributed by atoms with van der Waals surface area (Å²) in [6, 6.07) is 8.21. The van der Waals surface area contributed by atoms with Gasteiger partial charge in [0.1, 0.15) is 5.75 Å². The van der Waals surface area contributed by atoms with Crippen LogP contribution in [0.2, 0.25) is 0 Å². The second-order valence-electron chi connectivity index (χ2n) is 5.07. The summed E-state index contributed by atoms with van der Waals surface area (Å²) in [6.07, 6.45) is 0.750. The molecule has 108 valence electrons. The van der Waals surface area contributed by atoms with Gasteiger partial charge in [-0.3, -0.25) is 16.0 Å². The van der Waals surface area contributed by atoms with E-state index in [1.807, 2.05) is 36.9 Å². The normalized spacial score (nSPS) is 12.4. The first-order valence-corrected chi connectivity index (χ1v) is 6.65. The van der Waals surface area contributed by atoms with E-state index in [0.29, 0.717) is 0 Å². The third-order valence-electron chi connectivity index (χ3n) is 3.46. The number of nitrogens with two attached hydrogens (primary N) is 1. The van der Waals surface area contributed by atoms with Gasteiger partial charge in [-0.2, -0.15) is 5.10 Å². The van der Waals surface area contributed by atoms with Crippen molar-refractivity contribution in [3.63, 3.8) is 0 Å². The molecule has 1 heterocycles. The molecule has 5 nitrogen and oxygen atoms in total. The van der Waals surface area contributed by atoms with Crippen molar-refractivity contribution in [2.45, 2.75) is 26.3 Å². The molecule has 2 aromatic rings. The lowest BCUT2D eigenvalue weighted by molar-refractivity contribution is 0.404. The van der Waals surface area contributed by atoms with Crippen LogP contribution in [0.5, 0.6) is 5.75 Å². The molecule has 0 bridgehead atoms. The van der Waals surface area contributed by atoms with Gasteiger partial charge in [0.25, 0.3) is 0 Å². The summed E-state index contributed by atoms with van der Waals surface area (Å²) in [5, 5.41) is 4.37. The molecule has 2 rings (SSSR count). The number of hydrazine groups is 1. The molecule has 0 amide bonds. The highest BCUT2D eigenvalue weighted by Crippen LogP contribution is 2.26. The molecule has 0 saturated carbocycles. The van der Waals surface area contributed by atoms with Crippen LogP contribution >= 0.6 is 0 Å². The lowest BCUT2D eigenvalue weighted by Gasteiger charge is -2.18. The van der Waals surface area contributed by atoms with Crippen LogP contribution in [0.4, 0.5) is 0 Å². The van der Waals surface area contributed by atoms with Crippen molar-refractivity contribution in [2.75, 3.05) is 7.11 Å². The Hall–Kier alpha value is -1.85. The summed E-state index contributed by atoms with van der Waals surface area (Å²) in [5.74, 6) is 6.61. The Morgan fingerprint density at radius 2 is 2.10 bits per heavy atom. The molecule has 1 aromatic carbocycles. The maximum Gasteiger partial charge on any atom is 0.122 e. The Labute approximate surface area is 119 Å². The average molecular weight is 274 g/mol. The zero-order chi connectivity index (χ0) is 14.7. The highest BCUT2D eigenvalue weighted by Gasteiger charge is 2.17. The van der Waals surface area contributed by atoms with Crippen molar-refractivity contribution < 1.29 is 4.74 Å². The molecule has 5 heteroatoms. The van der Waals surface area contributed by atoms with E-state index in [9.17, 15) is 0 Å². The molecule has 0 radical (unpaired) electrons. The lowest BCUT2D eigenvalue weighted by atomic mass is 10.0. The summed E-state index contributed by atoms with van der Waals surface area (Å²) in [5.41, 5.74) is 7.26. The molecular formula is C15H22N4O. The molecule has 3 N–H and O–H groups in total. The molecule has 1 unspecified atom stereocenters. The quantitative estimate of drug-likeness (QED) is 0.644. The smallest absolute Gasteiger partial charge is 0.122 e. The summed E-state index contributed by atoms with van der Waals surface area (Å²) in [6.45, 7) is 4.05. The van der Waals surface area contributed by atoms with Crippen LogP contribution in [-0.4, -0.2) is 16.9 Å². The minimum absolute atomic E-state index is 0.00287. The van der Waals surface area contributed by atoms with Crippen LogP contribution in [0.1, 0.15) is 28.6 Å². The van der Waals surface area contributed by atoms with Crippen molar-refractivity contribution >= 4 is 0 Å². The Bertz CT molecular complexity index is 592. The number of nitrogens with zero attached hydrogens (tertiary/aromatic N) is 2. The second-order valence-corrected chi connectivity index (χ2v) is 5.07. The van der Waals surface area contributed by atoms with Gasteiger partial charge in [0.15, 0.2) is 0 Å². The van der Waals surface area contributed by atoms with Crippen molar-refractivity contribution in [1.29, 1.82) is 0 Å². The molecule has 0 aliphatic rings. The molecule has 1 aromatic heterocycles. The summed E-state index contributed by atoms with van der Waals surface area (Å²) in [4.78, 5) is 0. The minimum atomic E-state index is -0.00287. The van der Waals surface area contributed by atoms with E-state index < -0.39 is 0 Å². The Balaban J connectivity index is 2.31. The van der Waals surface area contributed by atoms with Crippen LogP contribution in [0, 0.1) is 13.8 Å². The predicted octanol–water partition coefficient (Wildman–Crippen LogP) is 1.79. The van der Waals surface area contributed by atoms with Gasteiger partial charge in [-0.05, 0) is 38.0 Å². The van der Waals surface area contributed by atoms with Gasteiger partial charge in [0, 0.05) is 7.05 Å². The van der Waals surface area contributed by atoms with Gasteiger partial charge in [-0.15, -0.1) is 0 Å². The fraction of sp³-hybridized carbons (Fsp3) is 0.400. The standard InChI is InChI=1S/C15H22N4O/c1-10-5-6-15(20-4)12(7-10)9-13(17-16)14-8-11(2)18-19(14)3/h5-8,13,17H,9,16H2,1-4H3. The molecule has 0 saturated heterocycles. The van der Waals surface area contributed by atoms with Crippen LogP contribution in [0.3, 0.4) is 0 Å². The van der Waals surface area contributed by atoms with E-state index in [1.54, 1.807) is 7.11 Å². The van der Waals surface area contributed by atoms with Gasteiger partial charge < -0.3 is 4.74 Å². The SMILES string of the molecule is COc1ccc(C)cc1CC(NN)c1cc(C)nn1C. The molecule has 0 aliphatic heterocycles. The first kappa shape index (κ1) is 14.6. The maximum absolute atomic E-state index is 5.73. The van der Waals surface area contributed by atoms with E-state index in [2.05, 4.69) is 23.5 Å². The molecular weight excluding hydrogens is 252 g/mol. The number of aryl methyl sites for hydroxylation is 3. The molecule has 0 aliphatic carbocycles. The fourth-order valence-corrected chi connectivity index (χ4v) is 2.49. The topological polar surface area (TPSA) is 65.1 Å². The molecule has 1 atom stereocenters. The van der Waals surface area contributed by atoms with E-state index in [-0.39, 0.29) is 6.04 Å². The third kappa shape index (κ3) is 3.00. The third-order valence-corrected chi connectivity index (χ3v) is 3.46. The van der Waals surface area contributed by atoms with Crippen molar-refractivity contribution in [3.05, 3.63) is 46.8 Å². The van der Waals surface area contributed by atoms with Gasteiger partial charge >= 0.3 is 0 Å². The van der Waals surface area contributed by atoms with E-state index in [0.717, 1.165) is 29.1 Å². The van der Waals surface area contributed by atoms with Gasteiger partial charge in [-0.1, -0.05) is 17.7 Å². The summed E-state index contributed by atoms with van der Waals surface area (Å²) in [7, 11) is 3.62. The zero-order valence-electron chi connectivity index (χ0n) is 12.5. The monoisotopic (exact) mass is 274 g/mol. The van der Waals surface area contributed by atoms with E-state index in [1.165, 1.54) is 5.56 Å². The highest BCUT2D eigenvalue weighted by molar-refractivity contribution is 5.38. The van der Waals surface area contributed by atoms with Crippen LogP contribution in [0.25, 0.3) is 0 Å². The Kier molecular flexibility index (Phi) is 4.42. The number of nitrogens with one attached hydrogen (secondary N) is 1. The van der Waals surface area contributed by atoms with Gasteiger partial charge in [0.2, 0.25) is 0 Å². The van der Waals surface area contributed by atoms with E-state index in [4.69, 9.17) is 10.6 Å². The molecule has 0 fully saturated rings. The summed E-state index contributed by atoms with van der Waals surface area (Å²) >= 11 is 0. The summed E-state index contributed by atoms with van der Waals surface area (Å²) < 4.78 is 7.29. The zero-order valence-corrected chi connectivity index (χ0v) is 12.5. The predicted molar refractivity (Wildman–Crippen MR) is 79.4 cm³/mol. The first-order valence-electron chi connectivity index (χ1n) is 6.65. The maximum atomic E-state index is 5.73. The highest BCUT2D eigenvalue weighted by atomic mass is 16.5. The number of aromatic nitrogens is 2. The number of hydrogen-bond acceptors (Lipinski definition) is 4. The van der Waals surface area contributed by atoms with Gasteiger partial charge in [0.05, 0.1) is 24.5 Å². The van der Waals surface area contributed by atoms with Crippen LogP contribution < -0.4 is 16.0 Å². The lowest BCUT2D eigenvalue weighted by Crippen LogP contribution is -2.31. The largest absolute Gasteiger partial charge is 0.496 e. The molecule has 0 spiro atoms. The van der Waals surface area contributed by atoms with Crippen LogP contribution in [-0.2, 0) is 13.5 Å². The van der Waals surface area contributed by atoms with Crippen molar-refractivity contribution in [2.24, 2.45) is 12.9 Å².